The summed E-state index contributed by atoms with van der Waals surface area (Å²) in [6.07, 6.45) is 3.55. The van der Waals surface area contributed by atoms with Gasteiger partial charge >= 0.3 is 0 Å². The summed E-state index contributed by atoms with van der Waals surface area (Å²) in [7, 11) is 1.74. The van der Waals surface area contributed by atoms with Crippen molar-refractivity contribution < 1.29 is 13.6 Å². The molecule has 1 aliphatic rings. The topological polar surface area (TPSA) is 46.3 Å². The van der Waals surface area contributed by atoms with Gasteiger partial charge < -0.3 is 10.6 Å². The van der Waals surface area contributed by atoms with Crippen molar-refractivity contribution in [3.8, 4) is 0 Å². The van der Waals surface area contributed by atoms with E-state index in [1.165, 1.54) is 12.1 Å². The third-order valence-electron chi connectivity index (χ3n) is 4.04. The average Bonchev–Trinajstić information content (AvgIpc) is 2.42. The van der Waals surface area contributed by atoms with Crippen molar-refractivity contribution in [2.45, 2.75) is 44.2 Å². The number of nitrogens with zero attached hydrogens (tertiary/aromatic N) is 1. The molecular weight excluding hydrogens is 262 g/mol. The number of amides is 1. The monoisotopic (exact) mass is 282 g/mol. The Balaban J connectivity index is 1.97. The number of likely N-dealkylation sites (N-methyl/N-ethyl adjacent to an activating group) is 1. The number of carbonyl (C=O) groups is 1. The highest BCUT2D eigenvalue weighted by Crippen LogP contribution is 2.22. The molecule has 3 nitrogen and oxygen atoms in total. The molecule has 1 saturated carbocycles. The summed E-state index contributed by atoms with van der Waals surface area (Å²) in [5.74, 6) is -1.44. The van der Waals surface area contributed by atoms with Gasteiger partial charge in [0.05, 0.1) is 6.42 Å². The van der Waals surface area contributed by atoms with Crippen LogP contribution in [-0.2, 0) is 11.2 Å². The number of halogens is 2. The van der Waals surface area contributed by atoms with Crippen LogP contribution in [0.2, 0.25) is 0 Å². The van der Waals surface area contributed by atoms with Crippen LogP contribution in [0, 0.1) is 11.6 Å². The Morgan fingerprint density at radius 2 is 1.95 bits per heavy atom. The molecule has 0 heterocycles. The summed E-state index contributed by atoms with van der Waals surface area (Å²) >= 11 is 0. The molecule has 0 atom stereocenters. The van der Waals surface area contributed by atoms with Crippen LogP contribution in [0.25, 0.3) is 0 Å². The fourth-order valence-corrected chi connectivity index (χ4v) is 2.65. The summed E-state index contributed by atoms with van der Waals surface area (Å²) in [6.45, 7) is 0. The third-order valence-corrected chi connectivity index (χ3v) is 4.04. The zero-order valence-electron chi connectivity index (χ0n) is 11.6. The second kappa shape index (κ2) is 6.31. The summed E-state index contributed by atoms with van der Waals surface area (Å²) in [5.41, 5.74) is 6.07. The number of hydrogen-bond donors (Lipinski definition) is 1. The molecular formula is C15H20F2N2O. The lowest BCUT2D eigenvalue weighted by molar-refractivity contribution is -0.131. The van der Waals surface area contributed by atoms with Crippen LogP contribution in [0.5, 0.6) is 0 Å². The van der Waals surface area contributed by atoms with Gasteiger partial charge in [0, 0.05) is 25.2 Å². The van der Waals surface area contributed by atoms with Crippen LogP contribution < -0.4 is 5.73 Å². The fourth-order valence-electron chi connectivity index (χ4n) is 2.65. The molecule has 0 aromatic heterocycles. The van der Waals surface area contributed by atoms with Gasteiger partial charge in [-0.25, -0.2) is 8.78 Å². The van der Waals surface area contributed by atoms with Crippen LogP contribution >= 0.6 is 0 Å². The summed E-state index contributed by atoms with van der Waals surface area (Å²) < 4.78 is 26.4. The van der Waals surface area contributed by atoms with Crippen molar-refractivity contribution in [3.63, 3.8) is 0 Å². The molecule has 2 rings (SSSR count). The lowest BCUT2D eigenvalue weighted by Crippen LogP contribution is -2.42. The Morgan fingerprint density at radius 1 is 1.30 bits per heavy atom. The molecule has 0 aliphatic heterocycles. The van der Waals surface area contributed by atoms with Crippen LogP contribution in [0.3, 0.4) is 0 Å². The van der Waals surface area contributed by atoms with E-state index in [4.69, 9.17) is 5.73 Å². The SMILES string of the molecule is CN(C(=O)Cc1ccc(F)cc1F)C1CCC(N)CC1. The highest BCUT2D eigenvalue weighted by atomic mass is 19.1. The van der Waals surface area contributed by atoms with Gasteiger partial charge in [0.25, 0.3) is 0 Å². The highest BCUT2D eigenvalue weighted by molar-refractivity contribution is 5.78. The lowest BCUT2D eigenvalue weighted by Gasteiger charge is -2.33. The number of rotatable bonds is 3. The Kier molecular flexibility index (Phi) is 4.70. The van der Waals surface area contributed by atoms with E-state index in [-0.39, 0.29) is 30.0 Å². The Morgan fingerprint density at radius 3 is 2.55 bits per heavy atom. The fraction of sp³-hybridized carbons (Fsp3) is 0.533. The maximum Gasteiger partial charge on any atom is 0.227 e. The second-order valence-corrected chi connectivity index (χ2v) is 5.49. The van der Waals surface area contributed by atoms with Gasteiger partial charge in [-0.05, 0) is 37.3 Å². The maximum atomic E-state index is 13.5. The molecule has 0 radical (unpaired) electrons. The molecule has 0 bridgehead atoms. The Hall–Kier alpha value is -1.49. The van der Waals surface area contributed by atoms with E-state index >= 15 is 0 Å². The molecule has 2 N–H and O–H groups in total. The minimum atomic E-state index is -0.669. The third kappa shape index (κ3) is 3.54. The first-order valence-corrected chi connectivity index (χ1v) is 6.92. The van der Waals surface area contributed by atoms with Crippen LogP contribution in [-0.4, -0.2) is 29.9 Å². The number of carbonyl (C=O) groups excluding carboxylic acids is 1. The standard InChI is InChI=1S/C15H20F2N2O/c1-19(13-6-4-12(18)5-7-13)15(20)8-10-2-3-11(16)9-14(10)17/h2-3,9,12-13H,4-8,18H2,1H3. The van der Waals surface area contributed by atoms with Crippen molar-refractivity contribution in [2.75, 3.05) is 7.05 Å². The van der Waals surface area contributed by atoms with Gasteiger partial charge in [-0.3, -0.25) is 4.79 Å². The predicted molar refractivity (Wildman–Crippen MR) is 73.1 cm³/mol. The summed E-state index contributed by atoms with van der Waals surface area (Å²) in [6, 6.07) is 3.70. The van der Waals surface area contributed by atoms with E-state index in [2.05, 4.69) is 0 Å². The molecule has 1 amide bonds. The van der Waals surface area contributed by atoms with E-state index in [9.17, 15) is 13.6 Å². The van der Waals surface area contributed by atoms with Crippen LogP contribution in [0.4, 0.5) is 8.78 Å². The molecule has 5 heteroatoms. The summed E-state index contributed by atoms with van der Waals surface area (Å²) in [4.78, 5) is 13.8. The zero-order valence-corrected chi connectivity index (χ0v) is 11.6. The number of hydrogen-bond acceptors (Lipinski definition) is 2. The normalized spacial score (nSPS) is 22.6. The minimum absolute atomic E-state index is 0.0365. The largest absolute Gasteiger partial charge is 0.342 e. The van der Waals surface area contributed by atoms with Crippen LogP contribution in [0.1, 0.15) is 31.2 Å². The molecule has 1 fully saturated rings. The van der Waals surface area contributed by atoms with Crippen molar-refractivity contribution >= 4 is 5.91 Å². The van der Waals surface area contributed by atoms with Gasteiger partial charge in [-0.15, -0.1) is 0 Å². The van der Waals surface area contributed by atoms with E-state index in [0.717, 1.165) is 31.7 Å². The molecule has 0 unspecified atom stereocenters. The Labute approximate surface area is 117 Å². The highest BCUT2D eigenvalue weighted by Gasteiger charge is 2.25. The molecule has 1 aromatic rings. The molecule has 1 aliphatic carbocycles. The predicted octanol–water partition coefficient (Wildman–Crippen LogP) is 2.24. The van der Waals surface area contributed by atoms with Crippen molar-refractivity contribution in [2.24, 2.45) is 5.73 Å². The van der Waals surface area contributed by atoms with Crippen molar-refractivity contribution in [1.82, 2.24) is 4.90 Å². The van der Waals surface area contributed by atoms with Gasteiger partial charge in [0.15, 0.2) is 0 Å². The van der Waals surface area contributed by atoms with Crippen LogP contribution in [0.15, 0.2) is 18.2 Å². The average molecular weight is 282 g/mol. The van der Waals surface area contributed by atoms with Crippen molar-refractivity contribution in [3.05, 3.63) is 35.4 Å². The lowest BCUT2D eigenvalue weighted by atomic mass is 9.91. The smallest absolute Gasteiger partial charge is 0.227 e. The van der Waals surface area contributed by atoms with Gasteiger partial charge in [0.1, 0.15) is 11.6 Å². The molecule has 20 heavy (non-hydrogen) atoms. The first kappa shape index (κ1) is 14.9. The first-order valence-electron chi connectivity index (χ1n) is 6.92. The van der Waals surface area contributed by atoms with E-state index < -0.39 is 11.6 Å². The maximum absolute atomic E-state index is 13.5. The zero-order chi connectivity index (χ0) is 14.7. The Bertz CT molecular complexity index is 485. The summed E-state index contributed by atoms with van der Waals surface area (Å²) in [5, 5.41) is 0. The van der Waals surface area contributed by atoms with E-state index in [1.807, 2.05) is 0 Å². The molecule has 1 aromatic carbocycles. The number of nitrogens with two attached hydrogens (primary N) is 1. The minimum Gasteiger partial charge on any atom is -0.342 e. The second-order valence-electron chi connectivity index (χ2n) is 5.49. The first-order chi connectivity index (χ1) is 9.47. The molecule has 0 spiro atoms. The van der Waals surface area contributed by atoms with Gasteiger partial charge in [-0.2, -0.15) is 0 Å². The van der Waals surface area contributed by atoms with Gasteiger partial charge in [0.2, 0.25) is 5.91 Å². The van der Waals surface area contributed by atoms with E-state index in [1.54, 1.807) is 11.9 Å². The van der Waals surface area contributed by atoms with E-state index in [0.29, 0.717) is 0 Å². The number of benzene rings is 1. The van der Waals surface area contributed by atoms with Gasteiger partial charge in [-0.1, -0.05) is 6.07 Å². The quantitative estimate of drug-likeness (QED) is 0.924. The van der Waals surface area contributed by atoms with Crippen molar-refractivity contribution in [1.29, 1.82) is 0 Å². The molecule has 110 valence electrons. The molecule has 0 saturated heterocycles.